The number of carbonyl (C=O) groups excluding carboxylic acids is 2. The first-order valence-corrected chi connectivity index (χ1v) is 10.7. The van der Waals surface area contributed by atoms with Gasteiger partial charge in [0.05, 0.1) is 54.1 Å². The number of amides is 2. The fourth-order valence-corrected chi connectivity index (χ4v) is 3.85. The second-order valence-electron chi connectivity index (χ2n) is 8.09. The van der Waals surface area contributed by atoms with Crippen LogP contribution in [0.25, 0.3) is 0 Å². The topological polar surface area (TPSA) is 117 Å². The van der Waals surface area contributed by atoms with Gasteiger partial charge >= 0.3 is 6.18 Å². The van der Waals surface area contributed by atoms with Gasteiger partial charge in [-0.25, -0.2) is 9.97 Å². The second-order valence-corrected chi connectivity index (χ2v) is 8.09. The van der Waals surface area contributed by atoms with Gasteiger partial charge in [-0.15, -0.1) is 0 Å². The zero-order valence-electron chi connectivity index (χ0n) is 18.6. The molecule has 3 heterocycles. The van der Waals surface area contributed by atoms with Crippen molar-refractivity contribution in [3.63, 3.8) is 0 Å². The Morgan fingerprint density at radius 2 is 2.00 bits per heavy atom. The number of benzene rings is 1. The summed E-state index contributed by atoms with van der Waals surface area (Å²) < 4.78 is 38.5. The average Bonchev–Trinajstić information content (AvgIpc) is 3.23. The average molecular weight is 483 g/mol. The number of halogens is 3. The van der Waals surface area contributed by atoms with Crippen molar-refractivity contribution in [3.8, 4) is 6.07 Å². The van der Waals surface area contributed by atoms with Gasteiger partial charge in [0.1, 0.15) is 11.5 Å². The van der Waals surface area contributed by atoms with E-state index in [1.54, 1.807) is 25.1 Å². The van der Waals surface area contributed by atoms with Crippen LogP contribution in [0.15, 0.2) is 42.9 Å². The Kier molecular flexibility index (Phi) is 6.50. The highest BCUT2D eigenvalue weighted by atomic mass is 19.4. The van der Waals surface area contributed by atoms with Gasteiger partial charge in [-0.1, -0.05) is 6.07 Å². The summed E-state index contributed by atoms with van der Waals surface area (Å²) in [5, 5.41) is 15.9. The van der Waals surface area contributed by atoms with Crippen LogP contribution in [0, 0.1) is 11.3 Å². The maximum absolute atomic E-state index is 13.4. The summed E-state index contributed by atoms with van der Waals surface area (Å²) in [7, 11) is 0. The predicted molar refractivity (Wildman–Crippen MR) is 119 cm³/mol. The lowest BCUT2D eigenvalue weighted by Gasteiger charge is -2.33. The third kappa shape index (κ3) is 5.29. The van der Waals surface area contributed by atoms with E-state index in [0.717, 1.165) is 0 Å². The second kappa shape index (κ2) is 9.54. The number of nitrogens with one attached hydrogen (secondary N) is 1. The van der Waals surface area contributed by atoms with Crippen molar-refractivity contribution in [2.45, 2.75) is 44.9 Å². The lowest BCUT2D eigenvalue weighted by atomic mass is 10.1. The molecule has 9 nitrogen and oxygen atoms in total. The van der Waals surface area contributed by atoms with Gasteiger partial charge in [0, 0.05) is 18.5 Å². The Morgan fingerprint density at radius 1 is 1.26 bits per heavy atom. The molecule has 12 heteroatoms. The van der Waals surface area contributed by atoms with E-state index < -0.39 is 24.4 Å². The number of nitriles is 1. The maximum atomic E-state index is 13.4. The molecule has 0 spiro atoms. The summed E-state index contributed by atoms with van der Waals surface area (Å²) in [5.74, 6) is -0.786. The van der Waals surface area contributed by atoms with Crippen LogP contribution in [0.5, 0.6) is 0 Å². The van der Waals surface area contributed by atoms with E-state index in [9.17, 15) is 22.8 Å². The Hall–Kier alpha value is -4.27. The van der Waals surface area contributed by atoms with Gasteiger partial charge in [0.2, 0.25) is 0 Å². The quantitative estimate of drug-likeness (QED) is 0.571. The third-order valence-corrected chi connectivity index (χ3v) is 5.46. The first-order valence-electron chi connectivity index (χ1n) is 10.7. The minimum absolute atomic E-state index is 0.0629. The summed E-state index contributed by atoms with van der Waals surface area (Å²) in [6, 6.07) is 8.02. The van der Waals surface area contributed by atoms with Crippen molar-refractivity contribution >= 4 is 23.2 Å². The van der Waals surface area contributed by atoms with Crippen molar-refractivity contribution < 1.29 is 22.8 Å². The number of hydrogen-bond donors (Lipinski definition) is 1. The number of hydrogen-bond acceptors (Lipinski definition) is 6. The molecule has 180 valence electrons. The Bertz CT molecular complexity index is 1300. The van der Waals surface area contributed by atoms with Gasteiger partial charge < -0.3 is 5.32 Å². The Labute approximate surface area is 198 Å². The van der Waals surface area contributed by atoms with Crippen LogP contribution in [0.1, 0.15) is 52.0 Å². The van der Waals surface area contributed by atoms with Gasteiger partial charge in [0.25, 0.3) is 11.8 Å². The molecule has 1 aromatic carbocycles. The zero-order valence-corrected chi connectivity index (χ0v) is 18.6. The minimum Gasteiger partial charge on any atom is -0.322 e. The zero-order chi connectivity index (χ0) is 25.2. The molecule has 35 heavy (non-hydrogen) atoms. The molecule has 1 atom stereocenters. The van der Waals surface area contributed by atoms with Crippen molar-refractivity contribution in [1.29, 1.82) is 5.26 Å². The van der Waals surface area contributed by atoms with Crippen LogP contribution in [0.4, 0.5) is 24.5 Å². The Balaban J connectivity index is 1.53. The molecule has 1 aliphatic rings. The SMILES string of the molecule is CC1Cn2ncc(C(=O)Nc3cccc(C#N)c3)c2C(=O)N1c1cnc(CCCC(F)(F)F)nc1. The molecule has 0 bridgehead atoms. The first-order chi connectivity index (χ1) is 16.7. The van der Waals surface area contributed by atoms with Crippen LogP contribution in [0.3, 0.4) is 0 Å². The van der Waals surface area contributed by atoms with E-state index >= 15 is 0 Å². The van der Waals surface area contributed by atoms with E-state index in [0.29, 0.717) is 23.5 Å². The number of rotatable bonds is 6. The number of alkyl halides is 3. The third-order valence-electron chi connectivity index (χ3n) is 5.46. The molecule has 0 fully saturated rings. The first kappa shape index (κ1) is 23.9. The molecule has 0 aliphatic carbocycles. The van der Waals surface area contributed by atoms with Crippen molar-refractivity contribution in [2.24, 2.45) is 0 Å². The molecule has 1 unspecified atom stereocenters. The largest absolute Gasteiger partial charge is 0.389 e. The summed E-state index contributed by atoms with van der Waals surface area (Å²) in [4.78, 5) is 36.0. The lowest BCUT2D eigenvalue weighted by molar-refractivity contribution is -0.135. The van der Waals surface area contributed by atoms with E-state index in [2.05, 4.69) is 20.4 Å². The normalized spacial score (nSPS) is 15.5. The fourth-order valence-electron chi connectivity index (χ4n) is 3.85. The van der Waals surface area contributed by atoms with Gasteiger partial charge in [0.15, 0.2) is 0 Å². The number of nitrogens with zero attached hydrogens (tertiary/aromatic N) is 6. The van der Waals surface area contributed by atoms with E-state index in [1.165, 1.54) is 34.2 Å². The van der Waals surface area contributed by atoms with Crippen LogP contribution < -0.4 is 10.2 Å². The van der Waals surface area contributed by atoms with Crippen molar-refractivity contribution in [3.05, 3.63) is 65.5 Å². The van der Waals surface area contributed by atoms with E-state index in [4.69, 9.17) is 5.26 Å². The number of aromatic nitrogens is 4. The summed E-state index contributed by atoms with van der Waals surface area (Å²) in [6.45, 7) is 2.11. The highest BCUT2D eigenvalue weighted by Crippen LogP contribution is 2.27. The number of fused-ring (bicyclic) bond motifs is 1. The molecule has 1 aliphatic heterocycles. The summed E-state index contributed by atoms with van der Waals surface area (Å²) in [5.41, 5.74) is 1.29. The predicted octanol–water partition coefficient (Wildman–Crippen LogP) is 3.73. The van der Waals surface area contributed by atoms with Crippen LogP contribution in [-0.2, 0) is 13.0 Å². The lowest BCUT2D eigenvalue weighted by Crippen LogP contribution is -2.47. The maximum Gasteiger partial charge on any atom is 0.389 e. The van der Waals surface area contributed by atoms with Gasteiger partial charge in [-0.2, -0.15) is 23.5 Å². The van der Waals surface area contributed by atoms with Gasteiger partial charge in [-0.3, -0.25) is 19.2 Å². The number of aryl methyl sites for hydroxylation is 1. The van der Waals surface area contributed by atoms with Crippen molar-refractivity contribution in [1.82, 2.24) is 19.7 Å². The summed E-state index contributed by atoms with van der Waals surface area (Å²) in [6.07, 6.45) is -1.12. The van der Waals surface area contributed by atoms with Crippen LogP contribution >= 0.6 is 0 Å². The van der Waals surface area contributed by atoms with E-state index in [-0.39, 0.29) is 36.0 Å². The highest BCUT2D eigenvalue weighted by Gasteiger charge is 2.36. The molecule has 2 aromatic heterocycles. The fraction of sp³-hybridized carbons (Fsp3) is 0.304. The Morgan fingerprint density at radius 3 is 2.69 bits per heavy atom. The molecule has 4 rings (SSSR count). The molecule has 0 saturated heterocycles. The minimum atomic E-state index is -4.24. The molecular formula is C23H20F3N7O2. The molecule has 3 aromatic rings. The molecule has 2 amide bonds. The standard InChI is InChI=1S/C23H20F3N7O2/c1-14-13-32-20(18(12-30-32)21(34)31-16-5-2-4-15(8-16)9-27)22(35)33(14)17-10-28-19(29-11-17)6-3-7-23(24,25)26/h2,4-5,8,10-12,14H,3,6-7,13H2,1H3,(H,31,34). The molecular weight excluding hydrogens is 463 g/mol. The summed E-state index contributed by atoms with van der Waals surface area (Å²) >= 11 is 0. The molecule has 1 N–H and O–H groups in total. The van der Waals surface area contributed by atoms with E-state index in [1.807, 2.05) is 6.07 Å². The van der Waals surface area contributed by atoms with Crippen LogP contribution in [-0.4, -0.2) is 43.8 Å². The molecule has 0 radical (unpaired) electrons. The van der Waals surface area contributed by atoms with Gasteiger partial charge in [-0.05, 0) is 31.5 Å². The molecule has 0 saturated carbocycles. The van der Waals surface area contributed by atoms with Crippen LogP contribution in [0.2, 0.25) is 0 Å². The monoisotopic (exact) mass is 483 g/mol. The smallest absolute Gasteiger partial charge is 0.322 e. The van der Waals surface area contributed by atoms with Crippen molar-refractivity contribution in [2.75, 3.05) is 10.2 Å². The number of carbonyl (C=O) groups is 2. The highest BCUT2D eigenvalue weighted by molar-refractivity contribution is 6.15. The number of anilines is 2.